The van der Waals surface area contributed by atoms with Crippen LogP contribution in [-0.2, 0) is 19.3 Å². The van der Waals surface area contributed by atoms with E-state index in [9.17, 15) is 0 Å². The Labute approximate surface area is 210 Å². The fourth-order valence-electron chi connectivity index (χ4n) is 5.85. The molecule has 3 aliphatic carbocycles. The fraction of sp³-hybridized carbons (Fsp3) is 0.257. The molecule has 0 aromatic heterocycles. The van der Waals surface area contributed by atoms with Gasteiger partial charge in [-0.25, -0.2) is 0 Å². The molecule has 0 heterocycles. The largest absolute Gasteiger partial charge is 0.0804 e. The highest BCUT2D eigenvalue weighted by Crippen LogP contribution is 2.47. The molecule has 35 heavy (non-hydrogen) atoms. The minimum atomic E-state index is 0.635. The van der Waals surface area contributed by atoms with E-state index in [2.05, 4.69) is 115 Å². The number of benzene rings is 3. The minimum Gasteiger partial charge on any atom is -0.0804 e. The van der Waals surface area contributed by atoms with Crippen molar-refractivity contribution in [2.45, 2.75) is 38.5 Å². The zero-order chi connectivity index (χ0) is 23.5. The summed E-state index contributed by atoms with van der Waals surface area (Å²) in [6, 6.07) is 33.1. The zero-order valence-corrected chi connectivity index (χ0v) is 20.4. The van der Waals surface area contributed by atoms with Gasteiger partial charge in [-0.2, -0.15) is 0 Å². The average Bonchev–Trinajstić information content (AvgIpc) is 2.87. The Kier molecular flexibility index (Phi) is 6.37. The number of allylic oxidation sites excluding steroid dienone is 8. The molecular weight excluding hydrogens is 420 g/mol. The molecule has 0 fully saturated rings. The van der Waals surface area contributed by atoms with Gasteiger partial charge >= 0.3 is 0 Å². The molecule has 174 valence electrons. The number of rotatable bonds is 9. The normalized spacial score (nSPS) is 22.5. The van der Waals surface area contributed by atoms with E-state index in [4.69, 9.17) is 0 Å². The van der Waals surface area contributed by atoms with Gasteiger partial charge in [0.1, 0.15) is 0 Å². The lowest BCUT2D eigenvalue weighted by Gasteiger charge is -2.37. The van der Waals surface area contributed by atoms with Crippen molar-refractivity contribution >= 4 is 0 Å². The molecule has 0 saturated heterocycles. The van der Waals surface area contributed by atoms with Gasteiger partial charge < -0.3 is 0 Å². The maximum absolute atomic E-state index is 2.57. The molecule has 3 atom stereocenters. The van der Waals surface area contributed by atoms with Crippen LogP contribution in [0.25, 0.3) is 0 Å². The second kappa shape index (κ2) is 10.1. The quantitative estimate of drug-likeness (QED) is 0.304. The van der Waals surface area contributed by atoms with Gasteiger partial charge in [0.05, 0.1) is 0 Å². The van der Waals surface area contributed by atoms with Crippen molar-refractivity contribution in [2.24, 2.45) is 17.8 Å². The molecule has 0 radical (unpaired) electrons. The predicted octanol–water partition coefficient (Wildman–Crippen LogP) is 8.48. The summed E-state index contributed by atoms with van der Waals surface area (Å²) in [5.41, 5.74) is 10.6. The van der Waals surface area contributed by atoms with Gasteiger partial charge in [-0.15, -0.1) is 0 Å². The van der Waals surface area contributed by atoms with E-state index >= 15 is 0 Å². The van der Waals surface area contributed by atoms with Gasteiger partial charge in [0.25, 0.3) is 0 Å². The second-order valence-corrected chi connectivity index (χ2v) is 10.4. The zero-order valence-electron chi connectivity index (χ0n) is 20.4. The summed E-state index contributed by atoms with van der Waals surface area (Å²) in [7, 11) is 0. The Morgan fingerprint density at radius 2 is 0.914 bits per heavy atom. The summed E-state index contributed by atoms with van der Waals surface area (Å²) in [6.45, 7) is 0. The number of hydrogen-bond donors (Lipinski definition) is 0. The van der Waals surface area contributed by atoms with Gasteiger partial charge in [-0.1, -0.05) is 115 Å². The minimum absolute atomic E-state index is 0.635. The van der Waals surface area contributed by atoms with E-state index in [1.807, 2.05) is 0 Å². The molecule has 0 spiro atoms. The van der Waals surface area contributed by atoms with Crippen LogP contribution >= 0.6 is 0 Å². The molecule has 0 bridgehead atoms. The summed E-state index contributed by atoms with van der Waals surface area (Å²) in [6.07, 6.45) is 17.1. The van der Waals surface area contributed by atoms with E-state index in [0.29, 0.717) is 17.8 Å². The van der Waals surface area contributed by atoms with E-state index in [-0.39, 0.29) is 0 Å². The maximum atomic E-state index is 2.57. The first-order valence-corrected chi connectivity index (χ1v) is 13.3. The van der Waals surface area contributed by atoms with Crippen LogP contribution in [0.15, 0.2) is 138 Å². The molecule has 0 nitrogen and oxygen atoms in total. The third-order valence-corrected chi connectivity index (χ3v) is 8.14. The van der Waals surface area contributed by atoms with E-state index < -0.39 is 0 Å². The summed E-state index contributed by atoms with van der Waals surface area (Å²) in [4.78, 5) is 0. The van der Waals surface area contributed by atoms with Gasteiger partial charge in [0.2, 0.25) is 0 Å². The lowest BCUT2D eigenvalue weighted by Crippen LogP contribution is -2.25. The van der Waals surface area contributed by atoms with E-state index in [1.54, 1.807) is 16.7 Å². The monoisotopic (exact) mass is 454 g/mol. The Balaban J connectivity index is 1.25. The van der Waals surface area contributed by atoms with Crippen LogP contribution in [0.1, 0.15) is 36.0 Å². The highest BCUT2D eigenvalue weighted by Gasteiger charge is 2.33. The summed E-state index contributed by atoms with van der Waals surface area (Å²) in [5, 5.41) is 0. The van der Waals surface area contributed by atoms with Crippen LogP contribution in [0, 0.1) is 17.8 Å². The Bertz CT molecular complexity index is 1200. The number of hydrogen-bond acceptors (Lipinski definition) is 0. The van der Waals surface area contributed by atoms with Crippen LogP contribution in [0.2, 0.25) is 0 Å². The lowest BCUT2D eigenvalue weighted by atomic mass is 9.67. The van der Waals surface area contributed by atoms with Crippen molar-refractivity contribution < 1.29 is 0 Å². The molecule has 6 rings (SSSR count). The van der Waals surface area contributed by atoms with Gasteiger partial charge in [-0.05, 0) is 95.3 Å². The summed E-state index contributed by atoms with van der Waals surface area (Å²) in [5.74, 6) is 1.92. The maximum Gasteiger partial charge on any atom is -0.00838 e. The first-order chi connectivity index (χ1) is 17.3. The summed E-state index contributed by atoms with van der Waals surface area (Å²) < 4.78 is 0. The molecule has 3 aromatic rings. The van der Waals surface area contributed by atoms with Gasteiger partial charge in [-0.3, -0.25) is 0 Å². The molecule has 0 aliphatic heterocycles. The SMILES string of the molecule is C(=C(C1=CCC1Cc1ccccc1)C1=CCC1Cc1ccccc1)C1=CCC1Cc1ccccc1. The fourth-order valence-corrected chi connectivity index (χ4v) is 5.85. The molecule has 0 heteroatoms. The van der Waals surface area contributed by atoms with Crippen LogP contribution in [0.5, 0.6) is 0 Å². The highest BCUT2D eigenvalue weighted by molar-refractivity contribution is 5.58. The van der Waals surface area contributed by atoms with Crippen molar-refractivity contribution in [3.8, 4) is 0 Å². The van der Waals surface area contributed by atoms with Gasteiger partial charge in [0.15, 0.2) is 0 Å². The second-order valence-electron chi connectivity index (χ2n) is 10.4. The van der Waals surface area contributed by atoms with Crippen molar-refractivity contribution in [3.05, 3.63) is 154 Å². The van der Waals surface area contributed by atoms with Crippen LogP contribution in [-0.4, -0.2) is 0 Å². The Morgan fingerprint density at radius 1 is 0.514 bits per heavy atom. The topological polar surface area (TPSA) is 0 Å². The van der Waals surface area contributed by atoms with Crippen LogP contribution < -0.4 is 0 Å². The van der Waals surface area contributed by atoms with Crippen LogP contribution in [0.3, 0.4) is 0 Å². The molecular formula is C35H34. The third-order valence-electron chi connectivity index (χ3n) is 8.14. The third kappa shape index (κ3) is 4.89. The highest BCUT2D eigenvalue weighted by atomic mass is 14.4. The van der Waals surface area contributed by atoms with Gasteiger partial charge in [0, 0.05) is 0 Å². The summed E-state index contributed by atoms with van der Waals surface area (Å²) >= 11 is 0. The first kappa shape index (κ1) is 22.1. The van der Waals surface area contributed by atoms with E-state index in [0.717, 1.165) is 19.3 Å². The van der Waals surface area contributed by atoms with Crippen molar-refractivity contribution in [2.75, 3.05) is 0 Å². The predicted molar refractivity (Wildman–Crippen MR) is 147 cm³/mol. The molecule has 3 aliphatic rings. The van der Waals surface area contributed by atoms with Crippen LogP contribution in [0.4, 0.5) is 0 Å². The first-order valence-electron chi connectivity index (χ1n) is 13.3. The van der Waals surface area contributed by atoms with Crippen molar-refractivity contribution in [1.82, 2.24) is 0 Å². The molecule has 0 N–H and O–H groups in total. The standard InChI is InChI=1S/C35H34/c1-4-10-26(11-5-1)22-29-16-17-30(29)25-35(33-20-18-31(33)23-27-12-6-2-7-13-27)34-21-19-32(34)24-28-14-8-3-9-15-28/h1-15,17,20-21,25,29,31-32H,16,18-19,22-24H2. The average molecular weight is 455 g/mol. The van der Waals surface area contributed by atoms with Crippen molar-refractivity contribution in [3.63, 3.8) is 0 Å². The lowest BCUT2D eigenvalue weighted by molar-refractivity contribution is 0.533. The van der Waals surface area contributed by atoms with E-state index in [1.165, 1.54) is 41.5 Å². The molecule has 0 saturated carbocycles. The molecule has 3 aromatic carbocycles. The smallest absolute Gasteiger partial charge is 0.00838 e. The molecule has 0 amide bonds. The Morgan fingerprint density at radius 3 is 1.26 bits per heavy atom. The molecule has 3 unspecified atom stereocenters. The Hall–Kier alpha value is -3.38. The van der Waals surface area contributed by atoms with Crippen molar-refractivity contribution in [1.29, 1.82) is 0 Å².